The lowest BCUT2D eigenvalue weighted by atomic mass is 10.1. The maximum absolute atomic E-state index is 11.9. The Morgan fingerprint density at radius 2 is 2.26 bits per heavy atom. The number of ether oxygens (including phenoxy) is 1. The summed E-state index contributed by atoms with van der Waals surface area (Å²) in [6.45, 7) is 3.72. The van der Waals surface area contributed by atoms with Crippen LogP contribution in [-0.2, 0) is 4.74 Å². The Labute approximate surface area is 130 Å². The number of nitrogens with one attached hydrogen (secondary N) is 2. The molecule has 118 valence electrons. The fourth-order valence-electron chi connectivity index (χ4n) is 2.47. The summed E-state index contributed by atoms with van der Waals surface area (Å²) in [5.74, 6) is 0. The summed E-state index contributed by atoms with van der Waals surface area (Å²) in [7, 11) is 0. The molecular weight excluding hydrogens is 300 g/mol. The Morgan fingerprint density at radius 3 is 2.96 bits per heavy atom. The smallest absolute Gasteiger partial charge is 0.325 e. The zero-order valence-electron chi connectivity index (χ0n) is 12.4. The molecule has 0 saturated carbocycles. The second kappa shape index (κ2) is 6.02. The number of aromatic nitrogens is 4. The van der Waals surface area contributed by atoms with Crippen molar-refractivity contribution >= 4 is 5.69 Å². The van der Waals surface area contributed by atoms with Gasteiger partial charge in [-0.1, -0.05) is 0 Å². The van der Waals surface area contributed by atoms with E-state index in [2.05, 4.69) is 20.2 Å². The number of nitriles is 1. The van der Waals surface area contributed by atoms with Crippen molar-refractivity contribution in [2.75, 3.05) is 24.6 Å². The molecule has 0 aliphatic carbocycles. The lowest BCUT2D eigenvalue weighted by Gasteiger charge is -2.33. The summed E-state index contributed by atoms with van der Waals surface area (Å²) in [5.41, 5.74) is 0.0957. The summed E-state index contributed by atoms with van der Waals surface area (Å²) in [6, 6.07) is 3.64. The van der Waals surface area contributed by atoms with Crippen LogP contribution in [0.15, 0.2) is 21.9 Å². The lowest BCUT2D eigenvalue weighted by molar-refractivity contribution is 0.0532. The number of rotatable bonds is 2. The Hall–Kier alpha value is -2.99. The molecule has 1 aliphatic rings. The van der Waals surface area contributed by atoms with E-state index in [0.29, 0.717) is 25.4 Å². The highest BCUT2D eigenvalue weighted by atomic mass is 16.5. The first kappa shape index (κ1) is 14.9. The van der Waals surface area contributed by atoms with Gasteiger partial charge >= 0.3 is 5.69 Å². The van der Waals surface area contributed by atoms with Crippen LogP contribution >= 0.6 is 0 Å². The number of morpholine rings is 1. The van der Waals surface area contributed by atoms with Crippen LogP contribution in [-0.4, -0.2) is 46.0 Å². The van der Waals surface area contributed by atoms with Gasteiger partial charge in [-0.3, -0.25) is 9.78 Å². The molecule has 9 nitrogen and oxygen atoms in total. The average molecular weight is 314 g/mol. The highest BCUT2D eigenvalue weighted by Crippen LogP contribution is 2.24. The number of aromatic amines is 2. The Bertz CT molecular complexity index is 881. The van der Waals surface area contributed by atoms with E-state index >= 15 is 0 Å². The number of nitrogens with zero attached hydrogens (tertiary/aromatic N) is 4. The van der Waals surface area contributed by atoms with Gasteiger partial charge in [0.25, 0.3) is 5.56 Å². The van der Waals surface area contributed by atoms with E-state index in [1.807, 2.05) is 17.9 Å². The maximum Gasteiger partial charge on any atom is 0.325 e. The molecule has 2 aromatic rings. The van der Waals surface area contributed by atoms with Gasteiger partial charge in [0, 0.05) is 19.3 Å². The SMILES string of the molecule is C[C@@H]1CN(c2cc(-c3c[nH]c(=O)[nH]c3=O)nnc2C#N)CCO1. The standard InChI is InChI=1S/C14H14N6O3/c1-8-7-20(2-3-23-8)12-4-10(18-19-11(12)5-15)9-6-16-14(22)17-13(9)21/h4,6,8H,2-3,7H2,1H3,(H2,16,17,21,22)/t8-/m1/s1. The summed E-state index contributed by atoms with van der Waals surface area (Å²) in [4.78, 5) is 29.5. The first-order valence-electron chi connectivity index (χ1n) is 7.05. The predicted octanol–water partition coefficient (Wildman–Crippen LogP) is -0.383. The van der Waals surface area contributed by atoms with E-state index in [9.17, 15) is 14.9 Å². The van der Waals surface area contributed by atoms with Crippen molar-refractivity contribution in [3.05, 3.63) is 38.8 Å². The molecule has 1 atom stereocenters. The monoisotopic (exact) mass is 314 g/mol. The highest BCUT2D eigenvalue weighted by Gasteiger charge is 2.21. The molecule has 9 heteroatoms. The maximum atomic E-state index is 11.9. The van der Waals surface area contributed by atoms with E-state index in [-0.39, 0.29) is 23.1 Å². The summed E-state index contributed by atoms with van der Waals surface area (Å²) in [6.07, 6.45) is 1.31. The first-order chi connectivity index (χ1) is 11.1. The van der Waals surface area contributed by atoms with Crippen molar-refractivity contribution in [3.63, 3.8) is 0 Å². The van der Waals surface area contributed by atoms with Gasteiger partial charge in [0.2, 0.25) is 0 Å². The van der Waals surface area contributed by atoms with E-state index < -0.39 is 11.2 Å². The first-order valence-corrected chi connectivity index (χ1v) is 7.05. The largest absolute Gasteiger partial charge is 0.375 e. The molecule has 0 aromatic carbocycles. The molecule has 1 fully saturated rings. The molecule has 3 heterocycles. The normalized spacial score (nSPS) is 17.7. The Morgan fingerprint density at radius 1 is 1.43 bits per heavy atom. The zero-order valence-corrected chi connectivity index (χ0v) is 12.4. The van der Waals surface area contributed by atoms with Crippen LogP contribution < -0.4 is 16.1 Å². The average Bonchev–Trinajstić information content (AvgIpc) is 2.54. The van der Waals surface area contributed by atoms with E-state index in [4.69, 9.17) is 4.74 Å². The molecule has 1 aliphatic heterocycles. The Kier molecular flexibility index (Phi) is 3.91. The molecule has 0 unspecified atom stereocenters. The molecular formula is C14H14N6O3. The van der Waals surface area contributed by atoms with Crippen LogP contribution in [0.25, 0.3) is 11.3 Å². The lowest BCUT2D eigenvalue weighted by Crippen LogP contribution is -2.41. The third-order valence-electron chi connectivity index (χ3n) is 3.56. The van der Waals surface area contributed by atoms with Crippen molar-refractivity contribution in [2.45, 2.75) is 13.0 Å². The van der Waals surface area contributed by atoms with Crippen LogP contribution in [0.5, 0.6) is 0 Å². The molecule has 0 bridgehead atoms. The molecule has 0 amide bonds. The molecule has 1 saturated heterocycles. The van der Waals surface area contributed by atoms with Gasteiger partial charge in [0.1, 0.15) is 11.8 Å². The third kappa shape index (κ3) is 2.97. The fraction of sp³-hybridized carbons (Fsp3) is 0.357. The van der Waals surface area contributed by atoms with Crippen molar-refractivity contribution in [2.24, 2.45) is 0 Å². The van der Waals surface area contributed by atoms with Crippen LogP contribution in [0.3, 0.4) is 0 Å². The number of anilines is 1. The molecule has 2 aromatic heterocycles. The number of hydrogen-bond acceptors (Lipinski definition) is 7. The van der Waals surface area contributed by atoms with E-state index in [1.54, 1.807) is 6.07 Å². The summed E-state index contributed by atoms with van der Waals surface area (Å²) < 4.78 is 5.49. The highest BCUT2D eigenvalue weighted by molar-refractivity contribution is 5.66. The number of hydrogen-bond donors (Lipinski definition) is 2. The van der Waals surface area contributed by atoms with Crippen molar-refractivity contribution < 1.29 is 4.74 Å². The predicted molar refractivity (Wildman–Crippen MR) is 81.1 cm³/mol. The molecule has 3 rings (SSSR count). The van der Waals surface area contributed by atoms with Crippen LogP contribution in [0.2, 0.25) is 0 Å². The number of H-pyrrole nitrogens is 2. The van der Waals surface area contributed by atoms with Gasteiger partial charge in [0.15, 0.2) is 5.69 Å². The molecule has 0 spiro atoms. The minimum Gasteiger partial charge on any atom is -0.375 e. The topological polar surface area (TPSA) is 128 Å². The van der Waals surface area contributed by atoms with Crippen LogP contribution in [0.1, 0.15) is 12.6 Å². The van der Waals surface area contributed by atoms with Gasteiger partial charge in [-0.2, -0.15) is 5.26 Å². The molecule has 2 N–H and O–H groups in total. The molecule has 0 radical (unpaired) electrons. The zero-order chi connectivity index (χ0) is 16.4. The van der Waals surface area contributed by atoms with Crippen molar-refractivity contribution in [1.82, 2.24) is 20.2 Å². The summed E-state index contributed by atoms with van der Waals surface area (Å²) >= 11 is 0. The Balaban J connectivity index is 2.07. The minimum atomic E-state index is -0.595. The van der Waals surface area contributed by atoms with Gasteiger partial charge in [-0.05, 0) is 13.0 Å². The van der Waals surface area contributed by atoms with Crippen molar-refractivity contribution in [3.8, 4) is 17.3 Å². The summed E-state index contributed by atoms with van der Waals surface area (Å²) in [5, 5.41) is 17.1. The van der Waals surface area contributed by atoms with Gasteiger partial charge in [0.05, 0.1) is 24.0 Å². The van der Waals surface area contributed by atoms with Gasteiger partial charge < -0.3 is 14.6 Å². The van der Waals surface area contributed by atoms with Crippen LogP contribution in [0.4, 0.5) is 5.69 Å². The minimum absolute atomic E-state index is 0.0309. The second-order valence-electron chi connectivity index (χ2n) is 5.19. The molecule has 23 heavy (non-hydrogen) atoms. The van der Waals surface area contributed by atoms with Gasteiger partial charge in [-0.15, -0.1) is 10.2 Å². The third-order valence-corrected chi connectivity index (χ3v) is 3.56. The van der Waals surface area contributed by atoms with E-state index in [1.165, 1.54) is 6.20 Å². The van der Waals surface area contributed by atoms with Gasteiger partial charge in [-0.25, -0.2) is 4.79 Å². The fourth-order valence-corrected chi connectivity index (χ4v) is 2.47. The second-order valence-corrected chi connectivity index (χ2v) is 5.19. The van der Waals surface area contributed by atoms with E-state index in [0.717, 1.165) is 0 Å². The van der Waals surface area contributed by atoms with Crippen molar-refractivity contribution in [1.29, 1.82) is 5.26 Å². The quantitative estimate of drug-likeness (QED) is 0.773. The van der Waals surface area contributed by atoms with Crippen LogP contribution in [0, 0.1) is 11.3 Å².